The van der Waals surface area contributed by atoms with E-state index in [2.05, 4.69) is 55.4 Å². The van der Waals surface area contributed by atoms with Crippen LogP contribution in [0, 0.1) is 23.7 Å². The van der Waals surface area contributed by atoms with Crippen molar-refractivity contribution in [2.75, 3.05) is 39.6 Å². The van der Waals surface area contributed by atoms with Crippen molar-refractivity contribution in [1.82, 2.24) is 0 Å². The van der Waals surface area contributed by atoms with Crippen molar-refractivity contribution in [1.29, 1.82) is 0 Å². The van der Waals surface area contributed by atoms with Gasteiger partial charge in [-0.05, 0) is 49.4 Å². The average molecular weight is 1300 g/mol. The monoisotopic (exact) mass is 1300 g/mol. The third-order valence-electron chi connectivity index (χ3n) is 16.5. The number of esters is 4. The lowest BCUT2D eigenvalue weighted by molar-refractivity contribution is -0.161. The molecule has 0 aromatic carbocycles. The van der Waals surface area contributed by atoms with Gasteiger partial charge in [0.2, 0.25) is 0 Å². The van der Waals surface area contributed by atoms with Crippen LogP contribution >= 0.6 is 15.6 Å². The molecule has 0 fully saturated rings. The Morgan fingerprint density at radius 1 is 0.318 bits per heavy atom. The Morgan fingerprint density at radius 2 is 0.545 bits per heavy atom. The van der Waals surface area contributed by atoms with E-state index in [-0.39, 0.29) is 25.7 Å². The fourth-order valence-corrected chi connectivity index (χ4v) is 11.8. The molecule has 88 heavy (non-hydrogen) atoms. The van der Waals surface area contributed by atoms with Gasteiger partial charge in [-0.1, -0.05) is 287 Å². The minimum absolute atomic E-state index is 0.101. The van der Waals surface area contributed by atoms with Crippen LogP contribution in [0.3, 0.4) is 0 Å². The molecule has 19 heteroatoms. The SMILES string of the molecule is CCC(C)CCCCCCCCCCCCC(=O)OC[C@H](COP(=O)(O)OC[C@@H](O)COP(=O)(O)OC[C@@H](COC(=O)CCCCCCCCC(C)CC)OC(=O)CCCCCCCCC(C)C)OC(=O)CCCCCCCCCCCCCCC(C)C. The van der Waals surface area contributed by atoms with Crippen molar-refractivity contribution in [3.05, 3.63) is 0 Å². The number of phosphoric ester groups is 2. The van der Waals surface area contributed by atoms with Crippen molar-refractivity contribution in [3.63, 3.8) is 0 Å². The van der Waals surface area contributed by atoms with Gasteiger partial charge in [-0.3, -0.25) is 37.3 Å². The van der Waals surface area contributed by atoms with E-state index < -0.39 is 97.5 Å². The molecule has 0 aliphatic carbocycles. The maximum atomic E-state index is 13.0. The first kappa shape index (κ1) is 86.1. The lowest BCUT2D eigenvalue weighted by Gasteiger charge is -2.21. The molecule has 522 valence electrons. The van der Waals surface area contributed by atoms with E-state index >= 15 is 0 Å². The van der Waals surface area contributed by atoms with Gasteiger partial charge >= 0.3 is 39.5 Å². The zero-order chi connectivity index (χ0) is 65.4. The summed E-state index contributed by atoms with van der Waals surface area (Å²) < 4.78 is 68.2. The molecule has 0 spiro atoms. The first-order chi connectivity index (χ1) is 42.2. The first-order valence-electron chi connectivity index (χ1n) is 35.8. The molecule has 0 aliphatic rings. The van der Waals surface area contributed by atoms with Crippen LogP contribution < -0.4 is 0 Å². The fraction of sp³-hybridized carbons (Fsp3) is 0.942. The summed E-state index contributed by atoms with van der Waals surface area (Å²) in [5.41, 5.74) is 0. The number of phosphoric acid groups is 2. The standard InChI is InChI=1S/C69H134O17P2/c1-9-61(7)47-39-31-22-18-15-16-19-23-33-41-49-66(71)79-55-64(85-68(73)51-43-35-24-20-14-12-11-13-17-21-29-37-45-59(3)4)57-83-87(75,76)81-53-63(70)54-82-88(77,78)84-58-65(86-69(74)52-44-36-27-25-30-38-46-60(5)6)56-80-67(72)50-42-34-28-26-32-40-48-62(8)10-2/h59-65,70H,9-58H2,1-8H3,(H,75,76)(H,77,78)/t61?,62?,63-,64-,65-/m1/s1. The van der Waals surface area contributed by atoms with E-state index in [1.165, 1.54) is 135 Å². The smallest absolute Gasteiger partial charge is 0.462 e. The molecule has 0 saturated carbocycles. The van der Waals surface area contributed by atoms with Gasteiger partial charge in [0.25, 0.3) is 0 Å². The molecule has 3 N–H and O–H groups in total. The Balaban J connectivity index is 5.25. The molecule has 0 aromatic rings. The third-order valence-corrected chi connectivity index (χ3v) is 18.4. The highest BCUT2D eigenvalue weighted by Crippen LogP contribution is 2.45. The zero-order valence-corrected chi connectivity index (χ0v) is 59.1. The van der Waals surface area contributed by atoms with Gasteiger partial charge in [0.05, 0.1) is 26.4 Å². The van der Waals surface area contributed by atoms with E-state index in [9.17, 15) is 43.2 Å². The van der Waals surface area contributed by atoms with Crippen molar-refractivity contribution >= 4 is 39.5 Å². The second-order valence-corrected chi connectivity index (χ2v) is 29.3. The van der Waals surface area contributed by atoms with Crippen LogP contribution in [-0.2, 0) is 65.4 Å². The predicted octanol–water partition coefficient (Wildman–Crippen LogP) is 19.3. The van der Waals surface area contributed by atoms with Crippen LogP contribution in [-0.4, -0.2) is 96.7 Å². The molecular weight excluding hydrogens is 1160 g/mol. The number of aliphatic hydroxyl groups is 1. The Hall–Kier alpha value is -1.94. The van der Waals surface area contributed by atoms with Gasteiger partial charge in [-0.25, -0.2) is 9.13 Å². The summed E-state index contributed by atoms with van der Waals surface area (Å²) in [4.78, 5) is 72.4. The van der Waals surface area contributed by atoms with E-state index in [0.717, 1.165) is 114 Å². The Morgan fingerprint density at radius 3 is 0.807 bits per heavy atom. The normalized spacial score (nSPS) is 14.9. The summed E-state index contributed by atoms with van der Waals surface area (Å²) in [5.74, 6) is 0.851. The Bertz CT molecular complexity index is 1750. The average Bonchev–Trinajstić information content (AvgIpc) is 3.40. The van der Waals surface area contributed by atoms with Gasteiger partial charge < -0.3 is 33.8 Å². The van der Waals surface area contributed by atoms with Crippen LogP contribution in [0.25, 0.3) is 0 Å². The highest BCUT2D eigenvalue weighted by Gasteiger charge is 2.30. The minimum atomic E-state index is -4.95. The molecule has 0 heterocycles. The number of hydrogen-bond donors (Lipinski definition) is 3. The number of unbranched alkanes of at least 4 members (excludes halogenated alkanes) is 30. The maximum absolute atomic E-state index is 13.0. The van der Waals surface area contributed by atoms with Gasteiger partial charge in [0, 0.05) is 25.7 Å². The van der Waals surface area contributed by atoms with Crippen molar-refractivity contribution in [3.8, 4) is 0 Å². The van der Waals surface area contributed by atoms with E-state index in [0.29, 0.717) is 31.6 Å². The molecule has 0 bridgehead atoms. The number of carbonyl (C=O) groups is 4. The summed E-state index contributed by atoms with van der Waals surface area (Å²) in [6.07, 6.45) is 40.4. The van der Waals surface area contributed by atoms with Crippen molar-refractivity contribution in [2.45, 2.75) is 356 Å². The minimum Gasteiger partial charge on any atom is -0.462 e. The molecular formula is C69H134O17P2. The summed E-state index contributed by atoms with van der Waals surface area (Å²) in [7, 11) is -9.90. The molecule has 7 atom stereocenters. The molecule has 17 nitrogen and oxygen atoms in total. The van der Waals surface area contributed by atoms with E-state index in [1.807, 2.05) is 0 Å². The second-order valence-electron chi connectivity index (χ2n) is 26.4. The quantitative estimate of drug-likeness (QED) is 0.0222. The molecule has 4 unspecified atom stereocenters. The molecule has 0 aliphatic heterocycles. The summed E-state index contributed by atoms with van der Waals surface area (Å²) in [5, 5.41) is 10.6. The number of hydrogen-bond acceptors (Lipinski definition) is 15. The molecule has 0 radical (unpaired) electrons. The Kier molecular flexibility index (Phi) is 57.6. The number of ether oxygens (including phenoxy) is 4. The summed E-state index contributed by atoms with van der Waals surface area (Å²) in [6, 6.07) is 0. The maximum Gasteiger partial charge on any atom is 0.472 e. The van der Waals surface area contributed by atoms with Gasteiger partial charge in [-0.2, -0.15) is 0 Å². The Labute approximate surface area is 537 Å². The molecule has 0 saturated heterocycles. The fourth-order valence-electron chi connectivity index (χ4n) is 10.2. The van der Waals surface area contributed by atoms with Gasteiger partial charge in [-0.15, -0.1) is 0 Å². The number of carbonyl (C=O) groups excluding carboxylic acids is 4. The highest BCUT2D eigenvalue weighted by atomic mass is 31.2. The van der Waals surface area contributed by atoms with Crippen LogP contribution in [0.5, 0.6) is 0 Å². The second kappa shape index (κ2) is 58.8. The number of rotatable bonds is 66. The third kappa shape index (κ3) is 60.3. The van der Waals surface area contributed by atoms with Gasteiger partial charge in [0.15, 0.2) is 12.2 Å². The number of aliphatic hydroxyl groups excluding tert-OH is 1. The largest absolute Gasteiger partial charge is 0.472 e. The van der Waals surface area contributed by atoms with Gasteiger partial charge in [0.1, 0.15) is 19.3 Å². The zero-order valence-electron chi connectivity index (χ0n) is 57.3. The topological polar surface area (TPSA) is 237 Å². The molecule has 0 rings (SSSR count). The van der Waals surface area contributed by atoms with Crippen LogP contribution in [0.4, 0.5) is 0 Å². The van der Waals surface area contributed by atoms with Crippen LogP contribution in [0.2, 0.25) is 0 Å². The van der Waals surface area contributed by atoms with Crippen molar-refractivity contribution < 1.29 is 80.2 Å². The first-order valence-corrected chi connectivity index (χ1v) is 38.8. The van der Waals surface area contributed by atoms with Crippen LogP contribution in [0.15, 0.2) is 0 Å². The van der Waals surface area contributed by atoms with Crippen LogP contribution in [0.1, 0.15) is 338 Å². The van der Waals surface area contributed by atoms with Crippen molar-refractivity contribution in [2.24, 2.45) is 23.7 Å². The van der Waals surface area contributed by atoms with E-state index in [1.54, 1.807) is 0 Å². The highest BCUT2D eigenvalue weighted by molar-refractivity contribution is 7.47. The summed E-state index contributed by atoms with van der Waals surface area (Å²) in [6.45, 7) is 14.0. The molecule has 0 aromatic heterocycles. The van der Waals surface area contributed by atoms with E-state index in [4.69, 9.17) is 37.0 Å². The molecule has 0 amide bonds. The lowest BCUT2D eigenvalue weighted by atomic mass is 9.99. The lowest BCUT2D eigenvalue weighted by Crippen LogP contribution is -2.30. The summed E-state index contributed by atoms with van der Waals surface area (Å²) >= 11 is 0. The predicted molar refractivity (Wildman–Crippen MR) is 354 cm³/mol.